The highest BCUT2D eigenvalue weighted by molar-refractivity contribution is 6.13. The fourth-order valence-electron chi connectivity index (χ4n) is 2.44. The van der Waals surface area contributed by atoms with E-state index < -0.39 is 5.97 Å². The van der Waals surface area contributed by atoms with Crippen molar-refractivity contribution in [1.29, 1.82) is 0 Å². The van der Waals surface area contributed by atoms with Crippen LogP contribution in [0.15, 0.2) is 53.2 Å². The summed E-state index contributed by atoms with van der Waals surface area (Å²) in [6.45, 7) is 0. The molecular formula is C19H17NO5. The van der Waals surface area contributed by atoms with Crippen LogP contribution in [0.4, 0.5) is 0 Å². The van der Waals surface area contributed by atoms with E-state index in [0.717, 1.165) is 0 Å². The van der Waals surface area contributed by atoms with Gasteiger partial charge in [-0.1, -0.05) is 12.1 Å². The summed E-state index contributed by atoms with van der Waals surface area (Å²) in [4.78, 5) is 16.4. The van der Waals surface area contributed by atoms with Crippen LogP contribution in [0.3, 0.4) is 0 Å². The Balaban J connectivity index is 1.96. The molecular weight excluding hydrogens is 322 g/mol. The molecule has 0 aliphatic carbocycles. The zero-order valence-corrected chi connectivity index (χ0v) is 14.1. The zero-order valence-electron chi connectivity index (χ0n) is 14.1. The molecule has 0 N–H and O–H groups in total. The first-order valence-electron chi connectivity index (χ1n) is 7.54. The molecule has 2 aromatic carbocycles. The van der Waals surface area contributed by atoms with Crippen LogP contribution in [0.5, 0.6) is 17.2 Å². The van der Waals surface area contributed by atoms with Crippen molar-refractivity contribution in [3.05, 3.63) is 59.3 Å². The lowest BCUT2D eigenvalue weighted by atomic mass is 10.1. The van der Waals surface area contributed by atoms with Crippen LogP contribution >= 0.6 is 0 Å². The van der Waals surface area contributed by atoms with Gasteiger partial charge in [0, 0.05) is 11.1 Å². The number of rotatable bonds is 5. The van der Waals surface area contributed by atoms with Crippen LogP contribution in [0, 0.1) is 0 Å². The molecule has 0 amide bonds. The lowest BCUT2D eigenvalue weighted by Gasteiger charge is -2.09. The average molecular weight is 339 g/mol. The largest absolute Gasteiger partial charge is 0.497 e. The minimum absolute atomic E-state index is 0.192. The topological polar surface area (TPSA) is 66.3 Å². The van der Waals surface area contributed by atoms with Gasteiger partial charge >= 0.3 is 5.97 Å². The molecule has 6 nitrogen and oxygen atoms in total. The van der Waals surface area contributed by atoms with Crippen molar-refractivity contribution in [3.63, 3.8) is 0 Å². The number of para-hydroxylation sites is 1. The van der Waals surface area contributed by atoms with Gasteiger partial charge in [0.1, 0.15) is 5.75 Å². The fourth-order valence-corrected chi connectivity index (χ4v) is 2.44. The number of carbonyl (C=O) groups excluding carboxylic acids is 1. The van der Waals surface area contributed by atoms with Crippen molar-refractivity contribution in [1.82, 2.24) is 0 Å². The predicted octanol–water partition coefficient (Wildman–Crippen LogP) is 3.06. The molecule has 0 spiro atoms. The number of cyclic esters (lactones) is 1. The van der Waals surface area contributed by atoms with E-state index in [1.807, 2.05) is 12.1 Å². The minimum atomic E-state index is -0.518. The summed E-state index contributed by atoms with van der Waals surface area (Å²) < 4.78 is 21.0. The summed E-state index contributed by atoms with van der Waals surface area (Å²) in [5.41, 5.74) is 1.56. The fraction of sp³-hybridized carbons (Fsp3) is 0.158. The van der Waals surface area contributed by atoms with Gasteiger partial charge in [-0.3, -0.25) is 0 Å². The Bertz CT molecular complexity index is 853. The van der Waals surface area contributed by atoms with E-state index in [2.05, 4.69) is 4.99 Å². The number of ether oxygens (including phenoxy) is 4. The van der Waals surface area contributed by atoms with Crippen LogP contribution in [-0.2, 0) is 9.53 Å². The van der Waals surface area contributed by atoms with Crippen molar-refractivity contribution in [2.75, 3.05) is 21.3 Å². The average Bonchev–Trinajstić information content (AvgIpc) is 3.02. The molecule has 128 valence electrons. The van der Waals surface area contributed by atoms with Gasteiger partial charge in [0.15, 0.2) is 17.2 Å². The lowest BCUT2D eigenvalue weighted by Crippen LogP contribution is -2.05. The minimum Gasteiger partial charge on any atom is -0.497 e. The number of hydrogen-bond donors (Lipinski definition) is 0. The summed E-state index contributed by atoms with van der Waals surface area (Å²) >= 11 is 0. The van der Waals surface area contributed by atoms with Crippen molar-refractivity contribution in [3.8, 4) is 17.2 Å². The van der Waals surface area contributed by atoms with E-state index in [1.54, 1.807) is 57.7 Å². The molecule has 0 fully saturated rings. The molecule has 0 saturated heterocycles. The molecule has 1 aliphatic heterocycles. The number of methoxy groups -OCH3 is 3. The molecule has 6 heteroatoms. The Morgan fingerprint density at radius 2 is 1.72 bits per heavy atom. The molecule has 0 saturated carbocycles. The summed E-state index contributed by atoms with van der Waals surface area (Å²) in [7, 11) is 4.68. The van der Waals surface area contributed by atoms with E-state index in [0.29, 0.717) is 28.4 Å². The van der Waals surface area contributed by atoms with Crippen LogP contribution in [0.2, 0.25) is 0 Å². The second kappa shape index (κ2) is 7.09. The van der Waals surface area contributed by atoms with Crippen molar-refractivity contribution < 1.29 is 23.7 Å². The SMILES string of the molecule is COc1ccc(C2=NC(=Cc3cccc(OC)c3OC)C(=O)O2)cc1. The zero-order chi connectivity index (χ0) is 17.8. The smallest absolute Gasteiger partial charge is 0.363 e. The van der Waals surface area contributed by atoms with Gasteiger partial charge in [-0.25, -0.2) is 9.79 Å². The third kappa shape index (κ3) is 3.33. The Hall–Kier alpha value is -3.28. The maximum Gasteiger partial charge on any atom is 0.363 e. The van der Waals surface area contributed by atoms with Gasteiger partial charge in [-0.2, -0.15) is 0 Å². The number of nitrogens with zero attached hydrogens (tertiary/aromatic N) is 1. The Kier molecular flexibility index (Phi) is 4.70. The summed E-state index contributed by atoms with van der Waals surface area (Å²) in [6, 6.07) is 12.5. The number of hydrogen-bond acceptors (Lipinski definition) is 6. The molecule has 0 bridgehead atoms. The normalized spacial score (nSPS) is 14.9. The Morgan fingerprint density at radius 3 is 2.36 bits per heavy atom. The first-order valence-corrected chi connectivity index (χ1v) is 7.54. The molecule has 0 atom stereocenters. The van der Waals surface area contributed by atoms with Gasteiger partial charge in [-0.15, -0.1) is 0 Å². The van der Waals surface area contributed by atoms with E-state index in [4.69, 9.17) is 18.9 Å². The summed E-state index contributed by atoms with van der Waals surface area (Å²) in [6.07, 6.45) is 1.61. The quantitative estimate of drug-likeness (QED) is 0.619. The van der Waals surface area contributed by atoms with Gasteiger partial charge in [-0.05, 0) is 36.4 Å². The maximum atomic E-state index is 12.1. The first kappa shape index (κ1) is 16.6. The van der Waals surface area contributed by atoms with Crippen LogP contribution in [0.1, 0.15) is 11.1 Å². The molecule has 0 aromatic heterocycles. The van der Waals surface area contributed by atoms with Crippen molar-refractivity contribution in [2.45, 2.75) is 0 Å². The standard InChI is InChI=1S/C19H17NO5/c1-22-14-9-7-12(8-10-14)18-20-15(19(21)25-18)11-13-5-4-6-16(23-2)17(13)24-3/h4-11H,1-3H3. The van der Waals surface area contributed by atoms with Crippen LogP contribution in [-0.4, -0.2) is 33.2 Å². The van der Waals surface area contributed by atoms with E-state index in [9.17, 15) is 4.79 Å². The third-order valence-corrected chi connectivity index (χ3v) is 3.68. The molecule has 1 heterocycles. The summed E-state index contributed by atoms with van der Waals surface area (Å²) in [5.74, 6) is 1.54. The maximum absolute atomic E-state index is 12.1. The van der Waals surface area contributed by atoms with E-state index >= 15 is 0 Å². The van der Waals surface area contributed by atoms with Gasteiger partial charge in [0.25, 0.3) is 0 Å². The monoisotopic (exact) mass is 339 g/mol. The second-order valence-electron chi connectivity index (χ2n) is 5.15. The van der Waals surface area contributed by atoms with Gasteiger partial charge in [0.2, 0.25) is 5.90 Å². The third-order valence-electron chi connectivity index (χ3n) is 3.68. The van der Waals surface area contributed by atoms with E-state index in [1.165, 1.54) is 0 Å². The summed E-state index contributed by atoms with van der Waals surface area (Å²) in [5, 5.41) is 0. The Morgan fingerprint density at radius 1 is 0.960 bits per heavy atom. The second-order valence-corrected chi connectivity index (χ2v) is 5.15. The number of aliphatic imine (C=N–C) groups is 1. The van der Waals surface area contributed by atoms with Gasteiger partial charge < -0.3 is 18.9 Å². The van der Waals surface area contributed by atoms with Crippen LogP contribution in [0.25, 0.3) is 6.08 Å². The number of esters is 1. The highest BCUT2D eigenvalue weighted by Crippen LogP contribution is 2.33. The first-order chi connectivity index (χ1) is 12.2. The van der Waals surface area contributed by atoms with Gasteiger partial charge in [0.05, 0.1) is 21.3 Å². The molecule has 2 aromatic rings. The Labute approximate surface area is 145 Å². The lowest BCUT2D eigenvalue weighted by molar-refractivity contribution is -0.129. The molecule has 0 radical (unpaired) electrons. The molecule has 3 rings (SSSR count). The highest BCUT2D eigenvalue weighted by atomic mass is 16.6. The van der Waals surface area contributed by atoms with E-state index in [-0.39, 0.29) is 11.6 Å². The van der Waals surface area contributed by atoms with Crippen molar-refractivity contribution >= 4 is 17.9 Å². The molecule has 1 aliphatic rings. The van der Waals surface area contributed by atoms with Crippen LogP contribution < -0.4 is 14.2 Å². The molecule has 0 unspecified atom stereocenters. The highest BCUT2D eigenvalue weighted by Gasteiger charge is 2.25. The molecule has 25 heavy (non-hydrogen) atoms. The predicted molar refractivity (Wildman–Crippen MR) is 93.1 cm³/mol. The number of benzene rings is 2. The van der Waals surface area contributed by atoms with Crippen molar-refractivity contribution in [2.24, 2.45) is 4.99 Å². The number of carbonyl (C=O) groups is 1.